The fourth-order valence-electron chi connectivity index (χ4n) is 1.70. The van der Waals surface area contributed by atoms with Gasteiger partial charge in [-0.15, -0.1) is 0 Å². The zero-order chi connectivity index (χ0) is 9.97. The van der Waals surface area contributed by atoms with Crippen LogP contribution in [0.25, 0.3) is 10.8 Å². The molecule has 0 heterocycles. The van der Waals surface area contributed by atoms with Gasteiger partial charge in [-0.1, -0.05) is 30.3 Å². The maximum absolute atomic E-state index is 5.57. The van der Waals surface area contributed by atoms with Crippen molar-refractivity contribution < 1.29 is 4.74 Å². The van der Waals surface area contributed by atoms with E-state index in [2.05, 4.69) is 31.2 Å². The lowest BCUT2D eigenvalue weighted by Crippen LogP contribution is -1.92. The van der Waals surface area contributed by atoms with E-state index in [0.29, 0.717) is 6.61 Å². The zero-order valence-electron chi connectivity index (χ0n) is 8.58. The number of hydrogen-bond acceptors (Lipinski definition) is 1. The molecule has 0 spiro atoms. The summed E-state index contributed by atoms with van der Waals surface area (Å²) < 4.78 is 5.57. The standard InChI is InChI=1S/C13H14O/c1-3-14-13-9-8-10(2)11-6-4-5-7-12(11)13/h4-9H,3H2,1-2H3. The Balaban J connectivity index is 2.68. The van der Waals surface area contributed by atoms with Crippen molar-refractivity contribution in [1.82, 2.24) is 0 Å². The van der Waals surface area contributed by atoms with Crippen LogP contribution in [0.4, 0.5) is 0 Å². The van der Waals surface area contributed by atoms with Crippen LogP contribution in [0.1, 0.15) is 12.5 Å². The van der Waals surface area contributed by atoms with E-state index in [-0.39, 0.29) is 0 Å². The molecule has 14 heavy (non-hydrogen) atoms. The average molecular weight is 186 g/mol. The third-order valence-electron chi connectivity index (χ3n) is 2.40. The van der Waals surface area contributed by atoms with Crippen molar-refractivity contribution in [2.75, 3.05) is 6.61 Å². The Labute approximate surface area is 84.3 Å². The van der Waals surface area contributed by atoms with Gasteiger partial charge in [0.05, 0.1) is 6.61 Å². The molecule has 0 bridgehead atoms. The zero-order valence-corrected chi connectivity index (χ0v) is 8.58. The number of aryl methyl sites for hydroxylation is 1. The average Bonchev–Trinajstić information content (AvgIpc) is 2.23. The van der Waals surface area contributed by atoms with Crippen molar-refractivity contribution in [1.29, 1.82) is 0 Å². The second kappa shape index (κ2) is 3.70. The van der Waals surface area contributed by atoms with Crippen LogP contribution in [0.15, 0.2) is 36.4 Å². The molecule has 0 unspecified atom stereocenters. The normalized spacial score (nSPS) is 10.4. The lowest BCUT2D eigenvalue weighted by molar-refractivity contribution is 0.344. The molecule has 0 N–H and O–H groups in total. The van der Waals surface area contributed by atoms with Crippen molar-refractivity contribution in [3.05, 3.63) is 42.0 Å². The van der Waals surface area contributed by atoms with E-state index in [4.69, 9.17) is 4.74 Å². The summed E-state index contributed by atoms with van der Waals surface area (Å²) in [5, 5.41) is 2.48. The fraction of sp³-hybridized carbons (Fsp3) is 0.231. The van der Waals surface area contributed by atoms with Gasteiger partial charge in [-0.2, -0.15) is 0 Å². The van der Waals surface area contributed by atoms with Crippen LogP contribution in [0.2, 0.25) is 0 Å². The number of ether oxygens (including phenoxy) is 1. The van der Waals surface area contributed by atoms with Gasteiger partial charge >= 0.3 is 0 Å². The lowest BCUT2D eigenvalue weighted by Gasteiger charge is -2.08. The van der Waals surface area contributed by atoms with E-state index >= 15 is 0 Å². The van der Waals surface area contributed by atoms with Crippen LogP contribution in [0.5, 0.6) is 5.75 Å². The Bertz CT molecular complexity index is 446. The van der Waals surface area contributed by atoms with E-state index in [9.17, 15) is 0 Å². The van der Waals surface area contributed by atoms with Gasteiger partial charge in [0.25, 0.3) is 0 Å². The molecule has 0 saturated heterocycles. The Kier molecular flexibility index (Phi) is 2.40. The summed E-state index contributed by atoms with van der Waals surface area (Å²) in [6.45, 7) is 4.85. The predicted octanol–water partition coefficient (Wildman–Crippen LogP) is 3.55. The second-order valence-electron chi connectivity index (χ2n) is 3.36. The van der Waals surface area contributed by atoms with E-state index in [0.717, 1.165) is 5.75 Å². The van der Waals surface area contributed by atoms with E-state index < -0.39 is 0 Å². The Morgan fingerprint density at radius 3 is 2.43 bits per heavy atom. The highest BCUT2D eigenvalue weighted by molar-refractivity contribution is 5.90. The summed E-state index contributed by atoms with van der Waals surface area (Å²) in [6.07, 6.45) is 0. The summed E-state index contributed by atoms with van der Waals surface area (Å²) in [5.74, 6) is 0.980. The van der Waals surface area contributed by atoms with Crippen molar-refractivity contribution in [3.8, 4) is 5.75 Å². The molecule has 1 heteroatoms. The van der Waals surface area contributed by atoms with Crippen LogP contribution in [-0.2, 0) is 0 Å². The molecule has 2 aromatic carbocycles. The van der Waals surface area contributed by atoms with Gasteiger partial charge in [-0.25, -0.2) is 0 Å². The van der Waals surface area contributed by atoms with Crippen LogP contribution in [0, 0.1) is 6.92 Å². The number of hydrogen-bond donors (Lipinski definition) is 0. The monoisotopic (exact) mass is 186 g/mol. The largest absolute Gasteiger partial charge is 0.493 e. The predicted molar refractivity (Wildman–Crippen MR) is 59.9 cm³/mol. The number of benzene rings is 2. The van der Waals surface area contributed by atoms with Gasteiger partial charge in [0.15, 0.2) is 0 Å². The molecule has 0 fully saturated rings. The highest BCUT2D eigenvalue weighted by atomic mass is 16.5. The van der Waals surface area contributed by atoms with Gasteiger partial charge in [-0.3, -0.25) is 0 Å². The minimum atomic E-state index is 0.715. The van der Waals surface area contributed by atoms with Crippen molar-refractivity contribution in [3.63, 3.8) is 0 Å². The Morgan fingerprint density at radius 2 is 1.71 bits per heavy atom. The van der Waals surface area contributed by atoms with Crippen molar-refractivity contribution in [2.45, 2.75) is 13.8 Å². The molecule has 2 rings (SSSR count). The molecular formula is C13H14O. The van der Waals surface area contributed by atoms with Gasteiger partial charge in [0.2, 0.25) is 0 Å². The third kappa shape index (κ3) is 1.46. The summed E-state index contributed by atoms with van der Waals surface area (Å²) in [4.78, 5) is 0. The smallest absolute Gasteiger partial charge is 0.127 e. The first-order valence-electron chi connectivity index (χ1n) is 4.94. The highest BCUT2D eigenvalue weighted by Gasteiger charge is 2.02. The summed E-state index contributed by atoms with van der Waals surface area (Å²) >= 11 is 0. The van der Waals surface area contributed by atoms with Crippen LogP contribution >= 0.6 is 0 Å². The quantitative estimate of drug-likeness (QED) is 0.697. The van der Waals surface area contributed by atoms with Gasteiger partial charge < -0.3 is 4.74 Å². The lowest BCUT2D eigenvalue weighted by atomic mass is 10.1. The minimum absolute atomic E-state index is 0.715. The first-order valence-corrected chi connectivity index (χ1v) is 4.94. The topological polar surface area (TPSA) is 9.23 Å². The Hall–Kier alpha value is -1.50. The Morgan fingerprint density at radius 1 is 1.00 bits per heavy atom. The van der Waals surface area contributed by atoms with Gasteiger partial charge in [0, 0.05) is 5.39 Å². The molecule has 2 aromatic rings. The minimum Gasteiger partial charge on any atom is -0.493 e. The van der Waals surface area contributed by atoms with Crippen LogP contribution in [-0.4, -0.2) is 6.61 Å². The second-order valence-corrected chi connectivity index (χ2v) is 3.36. The van der Waals surface area contributed by atoms with E-state index in [1.807, 2.05) is 19.1 Å². The molecule has 0 atom stereocenters. The van der Waals surface area contributed by atoms with Gasteiger partial charge in [0.1, 0.15) is 5.75 Å². The molecule has 1 nitrogen and oxygen atoms in total. The summed E-state index contributed by atoms with van der Waals surface area (Å²) in [6, 6.07) is 12.5. The molecule has 0 saturated carbocycles. The third-order valence-corrected chi connectivity index (χ3v) is 2.40. The molecule has 0 aromatic heterocycles. The maximum Gasteiger partial charge on any atom is 0.127 e. The molecule has 0 amide bonds. The fourth-order valence-corrected chi connectivity index (χ4v) is 1.70. The first-order chi connectivity index (χ1) is 6.83. The van der Waals surface area contributed by atoms with E-state index in [1.54, 1.807) is 0 Å². The van der Waals surface area contributed by atoms with Crippen molar-refractivity contribution >= 4 is 10.8 Å². The molecule has 0 aliphatic heterocycles. The van der Waals surface area contributed by atoms with Gasteiger partial charge in [-0.05, 0) is 30.9 Å². The molecule has 72 valence electrons. The summed E-state index contributed by atoms with van der Waals surface area (Å²) in [7, 11) is 0. The summed E-state index contributed by atoms with van der Waals surface area (Å²) in [5.41, 5.74) is 1.30. The van der Waals surface area contributed by atoms with Crippen LogP contribution < -0.4 is 4.74 Å². The highest BCUT2D eigenvalue weighted by Crippen LogP contribution is 2.27. The molecule has 0 aliphatic carbocycles. The number of fused-ring (bicyclic) bond motifs is 1. The molecule has 0 radical (unpaired) electrons. The molecule has 0 aliphatic rings. The van der Waals surface area contributed by atoms with E-state index in [1.165, 1.54) is 16.3 Å². The number of rotatable bonds is 2. The van der Waals surface area contributed by atoms with Crippen molar-refractivity contribution in [2.24, 2.45) is 0 Å². The SMILES string of the molecule is CCOc1ccc(C)c2ccccc12. The molecular weight excluding hydrogens is 172 g/mol. The first kappa shape index (κ1) is 9.07. The van der Waals surface area contributed by atoms with Crippen LogP contribution in [0.3, 0.4) is 0 Å². The maximum atomic E-state index is 5.57.